The molecule has 0 aromatic rings. The Kier molecular flexibility index (Phi) is 6.91. The summed E-state index contributed by atoms with van der Waals surface area (Å²) in [5.74, 6) is -0.301. The molecule has 3 N–H and O–H groups in total. The number of nitriles is 1. The lowest BCUT2D eigenvalue weighted by Gasteiger charge is -2.20. The summed E-state index contributed by atoms with van der Waals surface area (Å²) < 4.78 is 0. The van der Waals surface area contributed by atoms with E-state index < -0.39 is 0 Å². The number of carbonyl (C=O) groups is 2. The minimum absolute atomic E-state index is 0.00498. The van der Waals surface area contributed by atoms with Gasteiger partial charge in [0.25, 0.3) is 0 Å². The van der Waals surface area contributed by atoms with E-state index in [9.17, 15) is 9.59 Å². The van der Waals surface area contributed by atoms with Gasteiger partial charge in [-0.1, -0.05) is 0 Å². The quantitative estimate of drug-likeness (QED) is 0.432. The van der Waals surface area contributed by atoms with Gasteiger partial charge in [-0.15, -0.1) is 0 Å². The number of nitrogens with one attached hydrogen (secondary N) is 3. The number of rotatable bonds is 6. The van der Waals surface area contributed by atoms with Gasteiger partial charge in [0.1, 0.15) is 6.54 Å². The molecule has 0 saturated heterocycles. The molecule has 0 aliphatic heterocycles. The molecule has 17 heavy (non-hydrogen) atoms. The molecule has 0 aromatic heterocycles. The summed E-state index contributed by atoms with van der Waals surface area (Å²) in [7, 11) is 0. The number of hydrogen-bond donors (Lipinski definition) is 3. The van der Waals surface area contributed by atoms with Gasteiger partial charge in [0.15, 0.2) is 0 Å². The molecule has 0 aromatic carbocycles. The van der Waals surface area contributed by atoms with E-state index >= 15 is 0 Å². The molecular formula is C11H20N4O2. The first-order valence-electron chi connectivity index (χ1n) is 5.50. The first-order valence-corrected chi connectivity index (χ1v) is 5.50. The van der Waals surface area contributed by atoms with Gasteiger partial charge in [-0.05, 0) is 20.8 Å². The molecule has 0 rings (SSSR count). The van der Waals surface area contributed by atoms with Crippen LogP contribution in [0.25, 0.3) is 0 Å². The topological polar surface area (TPSA) is 94.0 Å². The van der Waals surface area contributed by atoms with Gasteiger partial charge in [0.2, 0.25) is 11.8 Å². The van der Waals surface area contributed by atoms with Crippen LogP contribution in [0.15, 0.2) is 0 Å². The Balaban J connectivity index is 3.55. The summed E-state index contributed by atoms with van der Waals surface area (Å²) in [5.41, 5.74) is -0.235. The van der Waals surface area contributed by atoms with E-state index in [0.29, 0.717) is 13.0 Å². The second-order valence-corrected chi connectivity index (χ2v) is 4.66. The summed E-state index contributed by atoms with van der Waals surface area (Å²) >= 11 is 0. The van der Waals surface area contributed by atoms with E-state index in [2.05, 4.69) is 16.0 Å². The van der Waals surface area contributed by atoms with Crippen LogP contribution in [-0.2, 0) is 9.59 Å². The van der Waals surface area contributed by atoms with Crippen molar-refractivity contribution in [3.8, 4) is 6.07 Å². The third-order valence-electron chi connectivity index (χ3n) is 1.69. The maximum absolute atomic E-state index is 11.4. The average Bonchev–Trinajstić information content (AvgIpc) is 2.19. The van der Waals surface area contributed by atoms with Crippen molar-refractivity contribution in [2.45, 2.75) is 32.7 Å². The molecule has 96 valence electrons. The number of nitrogens with zero attached hydrogens (tertiary/aromatic N) is 1. The highest BCUT2D eigenvalue weighted by molar-refractivity contribution is 5.78. The van der Waals surface area contributed by atoms with E-state index in [0.717, 1.165) is 0 Å². The van der Waals surface area contributed by atoms with Crippen LogP contribution in [0.5, 0.6) is 0 Å². The highest BCUT2D eigenvalue weighted by Crippen LogP contribution is 1.98. The molecule has 6 nitrogen and oxygen atoms in total. The third-order valence-corrected chi connectivity index (χ3v) is 1.69. The molecule has 0 fully saturated rings. The van der Waals surface area contributed by atoms with Crippen LogP contribution in [0.4, 0.5) is 0 Å². The molecule has 2 amide bonds. The van der Waals surface area contributed by atoms with Gasteiger partial charge < -0.3 is 16.0 Å². The van der Waals surface area contributed by atoms with Crippen LogP contribution in [0.3, 0.4) is 0 Å². The first-order chi connectivity index (χ1) is 7.85. The van der Waals surface area contributed by atoms with Crippen molar-refractivity contribution in [3.63, 3.8) is 0 Å². The summed E-state index contributed by atoms with van der Waals surface area (Å²) in [5, 5.41) is 16.3. The smallest absolute Gasteiger partial charge is 0.234 e. The van der Waals surface area contributed by atoms with Gasteiger partial charge in [-0.3, -0.25) is 9.59 Å². The normalized spacial score (nSPS) is 10.5. The number of hydrogen-bond acceptors (Lipinski definition) is 4. The van der Waals surface area contributed by atoms with Crippen LogP contribution < -0.4 is 16.0 Å². The predicted molar refractivity (Wildman–Crippen MR) is 64.0 cm³/mol. The molecule has 0 saturated carbocycles. The van der Waals surface area contributed by atoms with Crippen molar-refractivity contribution in [1.82, 2.24) is 16.0 Å². The number of amides is 2. The second kappa shape index (κ2) is 7.63. The zero-order valence-electron chi connectivity index (χ0n) is 10.6. The van der Waals surface area contributed by atoms with E-state index in [4.69, 9.17) is 5.26 Å². The summed E-state index contributed by atoms with van der Waals surface area (Å²) in [6.45, 7) is 6.28. The van der Waals surface area contributed by atoms with Crippen molar-refractivity contribution >= 4 is 11.8 Å². The molecule has 6 heteroatoms. The lowest BCUT2D eigenvalue weighted by molar-refractivity contribution is -0.123. The minimum atomic E-state index is -0.247. The molecule has 0 radical (unpaired) electrons. The van der Waals surface area contributed by atoms with Gasteiger partial charge in [0, 0.05) is 18.5 Å². The Morgan fingerprint density at radius 1 is 1.24 bits per heavy atom. The highest BCUT2D eigenvalue weighted by Gasteiger charge is 2.12. The standard InChI is InChI=1S/C11H20N4O2/c1-11(2,3)15-9(16)4-6-13-8-10(17)14-7-5-12/h13H,4,6-8H2,1-3H3,(H,14,17)(H,15,16). The SMILES string of the molecule is CC(C)(C)NC(=O)CCNCC(=O)NCC#N. The van der Waals surface area contributed by atoms with Crippen molar-refractivity contribution in [3.05, 3.63) is 0 Å². The van der Waals surface area contributed by atoms with Gasteiger partial charge in [0.05, 0.1) is 12.6 Å². The van der Waals surface area contributed by atoms with Gasteiger partial charge in [-0.2, -0.15) is 5.26 Å². The summed E-state index contributed by atoms with van der Waals surface area (Å²) in [6.07, 6.45) is 0.322. The maximum Gasteiger partial charge on any atom is 0.234 e. The van der Waals surface area contributed by atoms with E-state index in [-0.39, 0.29) is 30.4 Å². The van der Waals surface area contributed by atoms with Crippen LogP contribution in [-0.4, -0.2) is 37.0 Å². The van der Waals surface area contributed by atoms with E-state index in [1.165, 1.54) is 0 Å². The Bertz CT molecular complexity index is 302. The molecule has 0 unspecified atom stereocenters. The molecule has 0 aliphatic rings. The molecule has 0 bridgehead atoms. The van der Waals surface area contributed by atoms with Crippen molar-refractivity contribution in [2.24, 2.45) is 0 Å². The Labute approximate surface area is 102 Å². The molecule has 0 aliphatic carbocycles. The zero-order valence-corrected chi connectivity index (χ0v) is 10.6. The van der Waals surface area contributed by atoms with Crippen molar-refractivity contribution < 1.29 is 9.59 Å². The molecule has 0 atom stereocenters. The zero-order chi connectivity index (χ0) is 13.3. The predicted octanol–water partition coefficient (Wildman–Crippen LogP) is -0.479. The number of carbonyl (C=O) groups excluding carboxylic acids is 2. The highest BCUT2D eigenvalue weighted by atomic mass is 16.2. The van der Waals surface area contributed by atoms with Crippen LogP contribution in [0.1, 0.15) is 27.2 Å². The Hall–Kier alpha value is -1.61. The molecular weight excluding hydrogens is 220 g/mol. The average molecular weight is 240 g/mol. The minimum Gasteiger partial charge on any atom is -0.351 e. The van der Waals surface area contributed by atoms with Crippen LogP contribution in [0.2, 0.25) is 0 Å². The van der Waals surface area contributed by atoms with Gasteiger partial charge in [-0.25, -0.2) is 0 Å². The third kappa shape index (κ3) is 10.7. The second-order valence-electron chi connectivity index (χ2n) is 4.66. The molecule has 0 spiro atoms. The van der Waals surface area contributed by atoms with Crippen LogP contribution in [0, 0.1) is 11.3 Å². The van der Waals surface area contributed by atoms with Crippen molar-refractivity contribution in [2.75, 3.05) is 19.6 Å². The van der Waals surface area contributed by atoms with Gasteiger partial charge >= 0.3 is 0 Å². The fraction of sp³-hybridized carbons (Fsp3) is 0.727. The molecule has 0 heterocycles. The van der Waals surface area contributed by atoms with E-state index in [1.807, 2.05) is 26.8 Å². The van der Waals surface area contributed by atoms with E-state index in [1.54, 1.807) is 0 Å². The summed E-state index contributed by atoms with van der Waals surface area (Å²) in [4.78, 5) is 22.4. The fourth-order valence-corrected chi connectivity index (χ4v) is 1.09. The van der Waals surface area contributed by atoms with Crippen LogP contribution >= 0.6 is 0 Å². The van der Waals surface area contributed by atoms with Crippen molar-refractivity contribution in [1.29, 1.82) is 5.26 Å². The fourth-order valence-electron chi connectivity index (χ4n) is 1.09. The monoisotopic (exact) mass is 240 g/mol. The Morgan fingerprint density at radius 2 is 1.88 bits per heavy atom. The lowest BCUT2D eigenvalue weighted by Crippen LogP contribution is -2.42. The summed E-state index contributed by atoms with van der Waals surface area (Å²) in [6, 6.07) is 1.81. The Morgan fingerprint density at radius 3 is 2.41 bits per heavy atom. The lowest BCUT2D eigenvalue weighted by atomic mass is 10.1. The maximum atomic E-state index is 11.4. The first kappa shape index (κ1) is 15.4. The largest absolute Gasteiger partial charge is 0.351 e.